The van der Waals surface area contributed by atoms with E-state index in [1.807, 2.05) is 27.7 Å². The lowest BCUT2D eigenvalue weighted by Crippen LogP contribution is -2.63. The number of hydrogen-bond acceptors (Lipinski definition) is 12. The van der Waals surface area contributed by atoms with Gasteiger partial charge in [-0.3, -0.25) is 14.4 Å². The van der Waals surface area contributed by atoms with Crippen molar-refractivity contribution in [1.82, 2.24) is 5.32 Å². The second-order valence-electron chi connectivity index (χ2n) is 13.8. The Hall–Kier alpha value is -3.39. The summed E-state index contributed by atoms with van der Waals surface area (Å²) in [5, 5.41) is 14.2. The maximum atomic E-state index is 14.1. The molecule has 2 N–H and O–H groups in total. The molecule has 1 amide bonds. The monoisotopic (exact) mass is 683 g/mol. The standard InChI is InChI=1S/C33H46FNO11S/c1-17(2)11-23(36)42-15-44-29(39)26-25-27(26)33(35-31(41)46-32(6,7)8,30(40)45-16-43-24(37)12-18(3)4)21(28(25)38)14-47-20-9-10-22(34)19(5)13-20/h9-10,13,17-18,21,25-28,38H,11-12,14-16H2,1-8H3,(H,35,41)/t21-,25?,26+,27?,28-,33+/m1/s1. The fourth-order valence-electron chi connectivity index (χ4n) is 5.85. The van der Waals surface area contributed by atoms with Crippen LogP contribution in [0.3, 0.4) is 0 Å². The molecule has 0 spiro atoms. The smallest absolute Gasteiger partial charge is 0.408 e. The van der Waals surface area contributed by atoms with Crippen LogP contribution in [0.1, 0.15) is 66.9 Å². The highest BCUT2D eigenvalue weighted by molar-refractivity contribution is 7.99. The number of fused-ring (bicyclic) bond motifs is 1. The average Bonchev–Trinajstić information content (AvgIpc) is 3.63. The van der Waals surface area contributed by atoms with Crippen molar-refractivity contribution in [3.05, 3.63) is 29.6 Å². The molecule has 2 fully saturated rings. The molecule has 2 saturated carbocycles. The van der Waals surface area contributed by atoms with Gasteiger partial charge >= 0.3 is 30.0 Å². The van der Waals surface area contributed by atoms with Crippen LogP contribution in [-0.4, -0.2) is 71.7 Å². The van der Waals surface area contributed by atoms with Crippen molar-refractivity contribution in [1.29, 1.82) is 0 Å². The Balaban J connectivity index is 1.93. The summed E-state index contributed by atoms with van der Waals surface area (Å²) in [4.78, 5) is 65.3. The van der Waals surface area contributed by atoms with Gasteiger partial charge in [0.05, 0.1) is 12.0 Å². The zero-order valence-electron chi connectivity index (χ0n) is 28.1. The van der Waals surface area contributed by atoms with Gasteiger partial charge in [0.25, 0.3) is 0 Å². The van der Waals surface area contributed by atoms with Crippen LogP contribution in [0.4, 0.5) is 9.18 Å². The van der Waals surface area contributed by atoms with Gasteiger partial charge in [0.15, 0.2) is 5.54 Å². The number of hydrogen-bond donors (Lipinski definition) is 2. The van der Waals surface area contributed by atoms with E-state index in [2.05, 4.69) is 5.32 Å². The van der Waals surface area contributed by atoms with Gasteiger partial charge in [-0.05, 0) is 63.3 Å². The summed E-state index contributed by atoms with van der Waals surface area (Å²) in [7, 11) is 0. The van der Waals surface area contributed by atoms with Gasteiger partial charge in [-0.25, -0.2) is 14.0 Å². The molecule has 262 valence electrons. The Bertz CT molecular complexity index is 1330. The fourth-order valence-corrected chi connectivity index (χ4v) is 7.10. The van der Waals surface area contributed by atoms with E-state index in [0.717, 1.165) is 0 Å². The highest BCUT2D eigenvalue weighted by atomic mass is 32.2. The van der Waals surface area contributed by atoms with Crippen molar-refractivity contribution >= 4 is 41.7 Å². The highest BCUT2D eigenvalue weighted by Crippen LogP contribution is 2.66. The highest BCUT2D eigenvalue weighted by Gasteiger charge is 2.80. The SMILES string of the molecule is Cc1cc(SC[C@@H]2[C@@H](O)C3C([C@H]3C(=O)OCOC(=O)CC(C)C)[C@]2(NC(=O)OC(C)(C)C)C(=O)OCOC(=O)CC(C)C)ccc1F. The molecule has 0 aromatic heterocycles. The quantitative estimate of drug-likeness (QED) is 0.122. The molecule has 2 aliphatic carbocycles. The molecular formula is C33H46FNO11S. The Morgan fingerprint density at radius 2 is 1.53 bits per heavy atom. The fraction of sp³-hybridized carbons (Fsp3) is 0.667. The van der Waals surface area contributed by atoms with E-state index in [1.54, 1.807) is 39.8 Å². The van der Waals surface area contributed by atoms with Gasteiger partial charge in [0.1, 0.15) is 11.4 Å². The van der Waals surface area contributed by atoms with E-state index < -0.39 is 90.3 Å². The maximum Gasteiger partial charge on any atom is 0.408 e. The van der Waals surface area contributed by atoms with E-state index >= 15 is 0 Å². The molecule has 0 heterocycles. The first-order valence-electron chi connectivity index (χ1n) is 15.6. The van der Waals surface area contributed by atoms with E-state index in [-0.39, 0.29) is 30.4 Å². The second kappa shape index (κ2) is 15.7. The van der Waals surface area contributed by atoms with Crippen molar-refractivity contribution in [3.63, 3.8) is 0 Å². The molecule has 1 aromatic rings. The summed E-state index contributed by atoms with van der Waals surface area (Å²) in [6.45, 7) is 12.3. The van der Waals surface area contributed by atoms with E-state index in [1.165, 1.54) is 17.8 Å². The van der Waals surface area contributed by atoms with Crippen LogP contribution in [0, 0.1) is 48.2 Å². The molecule has 1 aromatic carbocycles. The normalized spacial score (nSPS) is 24.7. The van der Waals surface area contributed by atoms with Crippen LogP contribution >= 0.6 is 11.8 Å². The molecular weight excluding hydrogens is 637 g/mol. The van der Waals surface area contributed by atoms with Crippen LogP contribution in [0.2, 0.25) is 0 Å². The van der Waals surface area contributed by atoms with Crippen molar-refractivity contribution in [3.8, 4) is 0 Å². The van der Waals surface area contributed by atoms with Gasteiger partial charge in [0.2, 0.25) is 13.6 Å². The van der Waals surface area contributed by atoms with E-state index in [4.69, 9.17) is 23.7 Å². The van der Waals surface area contributed by atoms with Gasteiger partial charge in [-0.1, -0.05) is 27.7 Å². The van der Waals surface area contributed by atoms with Crippen LogP contribution in [-0.2, 0) is 42.9 Å². The predicted octanol–water partition coefficient (Wildman–Crippen LogP) is 4.52. The van der Waals surface area contributed by atoms with Crippen molar-refractivity contribution in [2.75, 3.05) is 19.3 Å². The molecule has 12 nitrogen and oxygen atoms in total. The van der Waals surface area contributed by atoms with E-state index in [0.29, 0.717) is 10.5 Å². The molecule has 6 atom stereocenters. The summed E-state index contributed by atoms with van der Waals surface area (Å²) in [6.07, 6.45) is -2.13. The van der Waals surface area contributed by atoms with Crippen molar-refractivity contribution in [2.24, 2.45) is 35.5 Å². The topological polar surface area (TPSA) is 164 Å². The summed E-state index contributed by atoms with van der Waals surface area (Å²) in [5.41, 5.74) is -2.62. The van der Waals surface area contributed by atoms with Gasteiger partial charge in [-0.15, -0.1) is 11.8 Å². The van der Waals surface area contributed by atoms with Crippen LogP contribution < -0.4 is 5.32 Å². The molecule has 2 aliphatic rings. The summed E-state index contributed by atoms with van der Waals surface area (Å²) in [6, 6.07) is 4.45. The Labute approximate surface area is 278 Å². The molecule has 14 heteroatoms. The zero-order valence-corrected chi connectivity index (χ0v) is 28.9. The largest absolute Gasteiger partial charge is 0.444 e. The number of carbonyl (C=O) groups excluding carboxylic acids is 5. The molecule has 47 heavy (non-hydrogen) atoms. The molecule has 2 unspecified atom stereocenters. The molecule has 0 radical (unpaired) electrons. The Morgan fingerprint density at radius 1 is 0.957 bits per heavy atom. The first-order valence-corrected chi connectivity index (χ1v) is 16.6. The zero-order chi connectivity index (χ0) is 35.3. The summed E-state index contributed by atoms with van der Waals surface area (Å²) < 4.78 is 40.1. The van der Waals surface area contributed by atoms with Crippen molar-refractivity contribution in [2.45, 2.75) is 90.4 Å². The number of alkyl carbamates (subject to hydrolysis) is 1. The number of halogens is 1. The lowest BCUT2D eigenvalue weighted by molar-refractivity contribution is -0.176. The minimum Gasteiger partial charge on any atom is -0.444 e. The lowest BCUT2D eigenvalue weighted by atomic mass is 9.80. The number of benzene rings is 1. The van der Waals surface area contributed by atoms with Crippen LogP contribution in [0.5, 0.6) is 0 Å². The minimum absolute atomic E-state index is 0.0106. The minimum atomic E-state index is -2.03. The Morgan fingerprint density at radius 3 is 2.06 bits per heavy atom. The number of ether oxygens (including phenoxy) is 5. The van der Waals surface area contributed by atoms with Gasteiger partial charge in [-0.2, -0.15) is 0 Å². The second-order valence-corrected chi connectivity index (χ2v) is 14.9. The van der Waals surface area contributed by atoms with Crippen LogP contribution in [0.25, 0.3) is 0 Å². The first kappa shape index (κ1) is 38.1. The number of thioether (sulfide) groups is 1. The third-order valence-electron chi connectivity index (χ3n) is 7.85. The summed E-state index contributed by atoms with van der Waals surface area (Å²) in [5.74, 6) is -7.38. The van der Waals surface area contributed by atoms with Gasteiger partial charge in [0, 0.05) is 41.2 Å². The number of aryl methyl sites for hydroxylation is 1. The lowest BCUT2D eigenvalue weighted by Gasteiger charge is -2.38. The van der Waals surface area contributed by atoms with Crippen molar-refractivity contribution < 1.29 is 57.2 Å². The third-order valence-corrected chi connectivity index (χ3v) is 8.96. The first-order chi connectivity index (χ1) is 21.9. The number of carbonyl (C=O) groups is 5. The molecule has 3 rings (SSSR count). The number of esters is 4. The molecule has 0 bridgehead atoms. The number of rotatable bonds is 14. The number of amides is 1. The molecule has 0 aliphatic heterocycles. The average molecular weight is 684 g/mol. The molecule has 0 saturated heterocycles. The number of aliphatic hydroxyl groups is 1. The van der Waals surface area contributed by atoms with E-state index in [9.17, 15) is 33.5 Å². The number of aliphatic hydroxyl groups excluding tert-OH is 1. The third kappa shape index (κ3) is 9.82. The van der Waals surface area contributed by atoms with Crippen LogP contribution in [0.15, 0.2) is 23.1 Å². The van der Waals surface area contributed by atoms with Gasteiger partial charge < -0.3 is 34.1 Å². The summed E-state index contributed by atoms with van der Waals surface area (Å²) >= 11 is 1.21. The Kier molecular flexibility index (Phi) is 12.7. The number of nitrogens with one attached hydrogen (secondary N) is 1. The predicted molar refractivity (Wildman–Crippen MR) is 167 cm³/mol. The maximum absolute atomic E-state index is 14.1.